The molecule has 4 bridgehead atoms. The van der Waals surface area contributed by atoms with E-state index in [9.17, 15) is 9.59 Å². The Labute approximate surface area is 119 Å². The van der Waals surface area contributed by atoms with Crippen LogP contribution in [0.4, 0.5) is 0 Å². The molecule has 0 atom stereocenters. The summed E-state index contributed by atoms with van der Waals surface area (Å²) >= 11 is 0. The minimum Gasteiger partial charge on any atom is -0.463 e. The van der Waals surface area contributed by atoms with E-state index >= 15 is 0 Å². The summed E-state index contributed by atoms with van der Waals surface area (Å²) in [6.45, 7) is 2.05. The second kappa shape index (κ2) is 5.58. The molecule has 0 unspecified atom stereocenters. The van der Waals surface area contributed by atoms with E-state index in [1.807, 2.05) is 0 Å². The van der Waals surface area contributed by atoms with Gasteiger partial charge in [-0.2, -0.15) is 0 Å². The molecule has 0 aliphatic heterocycles. The average Bonchev–Trinajstić information content (AvgIpc) is 2.40. The molecule has 4 heteroatoms. The molecule has 4 nitrogen and oxygen atoms in total. The number of carbonyl (C=O) groups is 2. The summed E-state index contributed by atoms with van der Waals surface area (Å²) in [5.74, 6) is 1.92. The van der Waals surface area contributed by atoms with Crippen LogP contribution in [0.15, 0.2) is 12.2 Å². The van der Waals surface area contributed by atoms with Crippen LogP contribution in [0.25, 0.3) is 0 Å². The number of ether oxygens (including phenoxy) is 2. The fourth-order valence-electron chi connectivity index (χ4n) is 4.57. The maximum absolute atomic E-state index is 11.8. The normalized spacial score (nSPS) is 38.1. The van der Waals surface area contributed by atoms with Gasteiger partial charge in [0.2, 0.25) is 0 Å². The van der Waals surface area contributed by atoms with E-state index in [1.165, 1.54) is 38.2 Å². The highest BCUT2D eigenvalue weighted by Crippen LogP contribution is 2.54. The van der Waals surface area contributed by atoms with Gasteiger partial charge in [0.15, 0.2) is 0 Å². The van der Waals surface area contributed by atoms with Crippen molar-refractivity contribution in [3.05, 3.63) is 12.2 Å². The molecule has 0 spiro atoms. The Bertz CT molecular complexity index is 398. The lowest BCUT2D eigenvalue weighted by Gasteiger charge is -2.53. The van der Waals surface area contributed by atoms with Crippen molar-refractivity contribution in [2.24, 2.45) is 23.7 Å². The van der Waals surface area contributed by atoms with E-state index in [0.29, 0.717) is 18.4 Å². The molecule has 0 radical (unpaired) electrons. The van der Waals surface area contributed by atoms with Crippen LogP contribution in [0.1, 0.15) is 39.0 Å². The van der Waals surface area contributed by atoms with Crippen molar-refractivity contribution in [1.82, 2.24) is 0 Å². The molecule has 20 heavy (non-hydrogen) atoms. The first kappa shape index (κ1) is 13.7. The molecular formula is C16H22O4. The summed E-state index contributed by atoms with van der Waals surface area (Å²) in [7, 11) is 0. The van der Waals surface area contributed by atoms with E-state index in [-0.39, 0.29) is 6.10 Å². The van der Waals surface area contributed by atoms with Gasteiger partial charge in [-0.25, -0.2) is 9.59 Å². The topological polar surface area (TPSA) is 52.6 Å². The van der Waals surface area contributed by atoms with Crippen molar-refractivity contribution in [3.63, 3.8) is 0 Å². The van der Waals surface area contributed by atoms with Gasteiger partial charge in [-0.15, -0.1) is 0 Å². The van der Waals surface area contributed by atoms with Crippen LogP contribution in [-0.2, 0) is 19.1 Å². The van der Waals surface area contributed by atoms with Gasteiger partial charge < -0.3 is 9.47 Å². The molecule has 4 fully saturated rings. The van der Waals surface area contributed by atoms with Gasteiger partial charge in [0.1, 0.15) is 6.10 Å². The zero-order chi connectivity index (χ0) is 14.1. The number of hydrogen-bond donors (Lipinski definition) is 0. The number of carbonyl (C=O) groups excluding carboxylic acids is 2. The van der Waals surface area contributed by atoms with Crippen LogP contribution in [0.5, 0.6) is 0 Å². The van der Waals surface area contributed by atoms with Crippen LogP contribution in [0.2, 0.25) is 0 Å². The highest BCUT2D eigenvalue weighted by molar-refractivity contribution is 5.91. The van der Waals surface area contributed by atoms with Gasteiger partial charge in [-0.3, -0.25) is 0 Å². The van der Waals surface area contributed by atoms with Gasteiger partial charge in [-0.05, 0) is 62.7 Å². The first-order valence-corrected chi connectivity index (χ1v) is 7.71. The van der Waals surface area contributed by atoms with Gasteiger partial charge >= 0.3 is 11.9 Å². The summed E-state index contributed by atoms with van der Waals surface area (Å²) in [4.78, 5) is 23.0. The predicted molar refractivity (Wildman–Crippen MR) is 72.7 cm³/mol. The summed E-state index contributed by atoms with van der Waals surface area (Å²) in [5, 5.41) is 0. The second-order valence-corrected chi connectivity index (χ2v) is 6.42. The molecule has 0 N–H and O–H groups in total. The minimum absolute atomic E-state index is 0.0714. The molecule has 110 valence electrons. The minimum atomic E-state index is -0.491. The molecule has 0 aromatic rings. The molecule has 0 amide bonds. The quantitative estimate of drug-likeness (QED) is 0.585. The zero-order valence-electron chi connectivity index (χ0n) is 11.9. The SMILES string of the molecule is CCOC(=O)/C=C\C(=O)OC1C2CC3CC(C2)CC1C3. The molecule has 0 heterocycles. The van der Waals surface area contributed by atoms with E-state index in [4.69, 9.17) is 9.47 Å². The lowest BCUT2D eigenvalue weighted by molar-refractivity contribution is -0.165. The predicted octanol–water partition coefficient (Wildman–Crippen LogP) is 2.47. The molecule has 4 aliphatic rings. The van der Waals surface area contributed by atoms with E-state index < -0.39 is 11.9 Å². The van der Waals surface area contributed by atoms with Crippen molar-refractivity contribution >= 4 is 11.9 Å². The number of hydrogen-bond acceptors (Lipinski definition) is 4. The van der Waals surface area contributed by atoms with Gasteiger partial charge in [-0.1, -0.05) is 0 Å². The molecular weight excluding hydrogens is 256 g/mol. The van der Waals surface area contributed by atoms with Crippen molar-refractivity contribution in [3.8, 4) is 0 Å². The Kier molecular flexibility index (Phi) is 3.81. The van der Waals surface area contributed by atoms with Crippen molar-refractivity contribution in [2.45, 2.75) is 45.1 Å². The van der Waals surface area contributed by atoms with Crippen LogP contribution in [0, 0.1) is 23.7 Å². The third-order valence-corrected chi connectivity index (χ3v) is 5.03. The summed E-state index contributed by atoms with van der Waals surface area (Å²) < 4.78 is 10.4. The Morgan fingerprint density at radius 1 is 0.950 bits per heavy atom. The molecule has 0 aromatic heterocycles. The van der Waals surface area contributed by atoms with Crippen LogP contribution < -0.4 is 0 Å². The van der Waals surface area contributed by atoms with Crippen molar-refractivity contribution in [2.75, 3.05) is 6.61 Å². The van der Waals surface area contributed by atoms with E-state index in [2.05, 4.69) is 0 Å². The fourth-order valence-corrected chi connectivity index (χ4v) is 4.57. The first-order chi connectivity index (χ1) is 9.65. The fraction of sp³-hybridized carbons (Fsp3) is 0.750. The second-order valence-electron chi connectivity index (χ2n) is 6.42. The highest BCUT2D eigenvalue weighted by atomic mass is 16.5. The summed E-state index contributed by atoms with van der Waals surface area (Å²) in [6.07, 6.45) is 8.67. The smallest absolute Gasteiger partial charge is 0.331 e. The van der Waals surface area contributed by atoms with Gasteiger partial charge in [0, 0.05) is 12.2 Å². The lowest BCUT2D eigenvalue weighted by atomic mass is 9.55. The Hall–Kier alpha value is -1.32. The monoisotopic (exact) mass is 278 g/mol. The third-order valence-electron chi connectivity index (χ3n) is 5.03. The van der Waals surface area contributed by atoms with Gasteiger partial charge in [0.25, 0.3) is 0 Å². The Balaban J connectivity index is 1.55. The molecule has 4 aliphatic carbocycles. The standard InChI is InChI=1S/C16H22O4/c1-2-19-14(17)3-4-15(18)20-16-12-6-10-5-11(8-12)9-13(16)7-10/h3-4,10-13,16H,2,5-9H2,1H3/b4-3-. The third kappa shape index (κ3) is 2.74. The average molecular weight is 278 g/mol. The molecule has 4 saturated carbocycles. The largest absolute Gasteiger partial charge is 0.463 e. The van der Waals surface area contributed by atoms with Crippen molar-refractivity contribution < 1.29 is 19.1 Å². The molecule has 0 aromatic carbocycles. The summed E-state index contributed by atoms with van der Waals surface area (Å²) in [5.41, 5.74) is 0. The lowest BCUT2D eigenvalue weighted by Crippen LogP contribution is -2.49. The molecule has 4 rings (SSSR count). The van der Waals surface area contributed by atoms with E-state index in [1.54, 1.807) is 6.92 Å². The van der Waals surface area contributed by atoms with E-state index in [0.717, 1.165) is 17.9 Å². The maximum Gasteiger partial charge on any atom is 0.331 e. The molecule has 0 saturated heterocycles. The summed E-state index contributed by atoms with van der Waals surface area (Å²) in [6, 6.07) is 0. The van der Waals surface area contributed by atoms with Crippen LogP contribution in [-0.4, -0.2) is 24.6 Å². The zero-order valence-corrected chi connectivity index (χ0v) is 11.9. The number of rotatable bonds is 4. The Morgan fingerprint density at radius 3 is 2.05 bits per heavy atom. The highest BCUT2D eigenvalue weighted by Gasteiger charge is 2.49. The van der Waals surface area contributed by atoms with Crippen molar-refractivity contribution in [1.29, 1.82) is 0 Å². The maximum atomic E-state index is 11.8. The van der Waals surface area contributed by atoms with Crippen LogP contribution >= 0.6 is 0 Å². The van der Waals surface area contributed by atoms with Gasteiger partial charge in [0.05, 0.1) is 6.61 Å². The Morgan fingerprint density at radius 2 is 1.50 bits per heavy atom. The van der Waals surface area contributed by atoms with Crippen LogP contribution in [0.3, 0.4) is 0 Å². The number of esters is 2. The first-order valence-electron chi connectivity index (χ1n) is 7.71.